The molecule has 0 fully saturated rings. The van der Waals surface area contributed by atoms with E-state index in [9.17, 15) is 14.7 Å². The maximum absolute atomic E-state index is 12.7. The lowest BCUT2D eigenvalue weighted by molar-refractivity contribution is 0.0686. The standard InChI is InChI=1S/C21H21Cl2N3O3/c1-25(2)9-8-24-20(27)14-4-3-5-18-15(14)11-19(21(28)29)26(18)12-13-6-7-16(22)17(23)10-13/h3-7,10-11H,8-9,12H2,1-2H3,(H,24,27)(H,28,29). The van der Waals surface area contributed by atoms with Gasteiger partial charge in [-0.15, -0.1) is 0 Å². The molecule has 1 amide bonds. The van der Waals surface area contributed by atoms with Crippen LogP contribution < -0.4 is 5.32 Å². The second-order valence-corrected chi connectivity index (χ2v) is 7.78. The Labute approximate surface area is 178 Å². The fourth-order valence-electron chi connectivity index (χ4n) is 3.14. The molecule has 2 N–H and O–H groups in total. The van der Waals surface area contributed by atoms with Crippen molar-refractivity contribution < 1.29 is 14.7 Å². The van der Waals surface area contributed by atoms with Crippen molar-refractivity contribution in [2.45, 2.75) is 6.54 Å². The number of likely N-dealkylation sites (N-methyl/N-ethyl adjacent to an activating group) is 1. The van der Waals surface area contributed by atoms with Gasteiger partial charge in [-0.25, -0.2) is 4.79 Å². The van der Waals surface area contributed by atoms with E-state index in [1.165, 1.54) is 6.07 Å². The Morgan fingerprint density at radius 3 is 2.52 bits per heavy atom. The third-order valence-corrected chi connectivity index (χ3v) is 5.32. The zero-order valence-corrected chi connectivity index (χ0v) is 17.6. The lowest BCUT2D eigenvalue weighted by atomic mass is 10.1. The van der Waals surface area contributed by atoms with Gasteiger partial charge in [-0.05, 0) is 50.0 Å². The number of carbonyl (C=O) groups excluding carboxylic acids is 1. The fraction of sp³-hybridized carbons (Fsp3) is 0.238. The lowest BCUT2D eigenvalue weighted by Crippen LogP contribution is -2.31. The van der Waals surface area contributed by atoms with Gasteiger partial charge in [-0.1, -0.05) is 35.3 Å². The van der Waals surface area contributed by atoms with Crippen LogP contribution >= 0.6 is 23.2 Å². The predicted molar refractivity (Wildman–Crippen MR) is 115 cm³/mol. The van der Waals surface area contributed by atoms with Gasteiger partial charge in [0.25, 0.3) is 5.91 Å². The molecule has 6 nitrogen and oxygen atoms in total. The molecule has 0 unspecified atom stereocenters. The Kier molecular flexibility index (Phi) is 6.47. The molecule has 1 aromatic heterocycles. The Morgan fingerprint density at radius 2 is 1.86 bits per heavy atom. The van der Waals surface area contributed by atoms with Gasteiger partial charge in [0.05, 0.1) is 10.0 Å². The number of aromatic nitrogens is 1. The first kappa shape index (κ1) is 21.2. The molecule has 152 valence electrons. The number of benzene rings is 2. The molecule has 0 spiro atoms. The summed E-state index contributed by atoms with van der Waals surface area (Å²) < 4.78 is 1.66. The van der Waals surface area contributed by atoms with Crippen LogP contribution in [0.4, 0.5) is 0 Å². The number of halogens is 2. The number of nitrogens with one attached hydrogen (secondary N) is 1. The molecule has 8 heteroatoms. The number of amides is 1. The molecule has 0 aliphatic heterocycles. The number of hydrogen-bond acceptors (Lipinski definition) is 3. The smallest absolute Gasteiger partial charge is 0.352 e. The van der Waals surface area contributed by atoms with E-state index in [1.54, 1.807) is 41.0 Å². The SMILES string of the molecule is CN(C)CCNC(=O)c1cccc2c1cc(C(=O)O)n2Cc1ccc(Cl)c(Cl)c1. The molecule has 0 aliphatic carbocycles. The molecule has 0 saturated carbocycles. The van der Waals surface area contributed by atoms with Gasteiger partial charge in [-0.2, -0.15) is 0 Å². The molecule has 1 heterocycles. The highest BCUT2D eigenvalue weighted by Crippen LogP contribution is 2.27. The van der Waals surface area contributed by atoms with E-state index in [0.29, 0.717) is 39.6 Å². The minimum Gasteiger partial charge on any atom is -0.477 e. The van der Waals surface area contributed by atoms with E-state index < -0.39 is 5.97 Å². The summed E-state index contributed by atoms with van der Waals surface area (Å²) in [4.78, 5) is 26.5. The number of rotatable bonds is 7. The van der Waals surface area contributed by atoms with E-state index in [0.717, 1.165) is 5.56 Å². The van der Waals surface area contributed by atoms with Crippen LogP contribution in [0, 0.1) is 0 Å². The van der Waals surface area contributed by atoms with Crippen molar-refractivity contribution in [3.05, 3.63) is 69.3 Å². The fourth-order valence-corrected chi connectivity index (χ4v) is 3.46. The summed E-state index contributed by atoms with van der Waals surface area (Å²) in [5.41, 5.74) is 2.00. The summed E-state index contributed by atoms with van der Waals surface area (Å²) in [5, 5.41) is 14.0. The van der Waals surface area contributed by atoms with Crippen molar-refractivity contribution in [1.82, 2.24) is 14.8 Å². The summed E-state index contributed by atoms with van der Waals surface area (Å²) in [6.45, 7) is 1.49. The minimum atomic E-state index is -1.07. The number of carbonyl (C=O) groups is 2. The summed E-state index contributed by atoms with van der Waals surface area (Å²) in [6.07, 6.45) is 0. The Hall–Kier alpha value is -2.54. The largest absolute Gasteiger partial charge is 0.477 e. The van der Waals surface area contributed by atoms with Gasteiger partial charge in [0, 0.05) is 36.1 Å². The molecule has 29 heavy (non-hydrogen) atoms. The molecule has 0 atom stereocenters. The number of carboxylic acids is 1. The number of fused-ring (bicyclic) bond motifs is 1. The van der Waals surface area contributed by atoms with Gasteiger partial charge >= 0.3 is 5.97 Å². The van der Waals surface area contributed by atoms with E-state index >= 15 is 0 Å². The van der Waals surface area contributed by atoms with E-state index in [-0.39, 0.29) is 18.1 Å². The van der Waals surface area contributed by atoms with Gasteiger partial charge in [0.2, 0.25) is 0 Å². The number of aromatic carboxylic acids is 1. The van der Waals surface area contributed by atoms with Gasteiger partial charge in [-0.3, -0.25) is 4.79 Å². The quantitative estimate of drug-likeness (QED) is 0.590. The monoisotopic (exact) mass is 433 g/mol. The third kappa shape index (κ3) is 4.72. The maximum Gasteiger partial charge on any atom is 0.352 e. The summed E-state index contributed by atoms with van der Waals surface area (Å²) in [7, 11) is 3.85. The van der Waals surface area contributed by atoms with E-state index in [1.807, 2.05) is 19.0 Å². The second-order valence-electron chi connectivity index (χ2n) is 6.97. The number of nitrogens with zero attached hydrogens (tertiary/aromatic N) is 2. The highest BCUT2D eigenvalue weighted by atomic mass is 35.5. The van der Waals surface area contributed by atoms with Crippen LogP contribution in [-0.2, 0) is 6.54 Å². The van der Waals surface area contributed by atoms with E-state index in [2.05, 4.69) is 5.32 Å². The van der Waals surface area contributed by atoms with Crippen LogP contribution in [0.2, 0.25) is 10.0 Å². The molecular formula is C21H21Cl2N3O3. The van der Waals surface area contributed by atoms with Crippen LogP contribution in [0.3, 0.4) is 0 Å². The first-order valence-electron chi connectivity index (χ1n) is 9.00. The van der Waals surface area contributed by atoms with Crippen molar-refractivity contribution in [1.29, 1.82) is 0 Å². The van der Waals surface area contributed by atoms with Gasteiger partial charge in [0.15, 0.2) is 0 Å². The Morgan fingerprint density at radius 1 is 1.10 bits per heavy atom. The van der Waals surface area contributed by atoms with Gasteiger partial charge in [0.1, 0.15) is 5.69 Å². The topological polar surface area (TPSA) is 74.6 Å². The molecule has 0 bridgehead atoms. The molecule has 2 aromatic carbocycles. The van der Waals surface area contributed by atoms with Crippen LogP contribution in [-0.4, -0.2) is 53.6 Å². The van der Waals surface area contributed by atoms with Crippen molar-refractivity contribution in [2.24, 2.45) is 0 Å². The summed E-state index contributed by atoms with van der Waals surface area (Å²) >= 11 is 12.1. The summed E-state index contributed by atoms with van der Waals surface area (Å²) in [6, 6.07) is 12.0. The van der Waals surface area contributed by atoms with Crippen molar-refractivity contribution in [3.8, 4) is 0 Å². The second kappa shape index (κ2) is 8.86. The highest BCUT2D eigenvalue weighted by Gasteiger charge is 2.19. The minimum absolute atomic E-state index is 0.0969. The molecule has 0 saturated heterocycles. The highest BCUT2D eigenvalue weighted by molar-refractivity contribution is 6.42. The van der Waals surface area contributed by atoms with E-state index in [4.69, 9.17) is 23.2 Å². The number of hydrogen-bond donors (Lipinski definition) is 2. The zero-order valence-electron chi connectivity index (χ0n) is 16.1. The Balaban J connectivity index is 2.01. The van der Waals surface area contributed by atoms with Crippen LogP contribution in [0.25, 0.3) is 10.9 Å². The lowest BCUT2D eigenvalue weighted by Gasteiger charge is -2.12. The normalized spacial score (nSPS) is 11.2. The average Bonchev–Trinajstić information content (AvgIpc) is 3.03. The Bertz CT molecular complexity index is 1080. The summed E-state index contributed by atoms with van der Waals surface area (Å²) in [5.74, 6) is -1.30. The maximum atomic E-state index is 12.7. The number of carboxylic acid groups (broad SMARTS) is 1. The average molecular weight is 434 g/mol. The van der Waals surface area contributed by atoms with Crippen LogP contribution in [0.5, 0.6) is 0 Å². The van der Waals surface area contributed by atoms with Crippen LogP contribution in [0.1, 0.15) is 26.4 Å². The van der Waals surface area contributed by atoms with Crippen molar-refractivity contribution in [3.63, 3.8) is 0 Å². The molecule has 3 rings (SSSR count). The zero-order chi connectivity index (χ0) is 21.1. The van der Waals surface area contributed by atoms with Crippen molar-refractivity contribution in [2.75, 3.05) is 27.2 Å². The van der Waals surface area contributed by atoms with Gasteiger partial charge < -0.3 is 19.9 Å². The van der Waals surface area contributed by atoms with Crippen molar-refractivity contribution >= 4 is 46.0 Å². The predicted octanol–water partition coefficient (Wildman–Crippen LogP) is 3.99. The third-order valence-electron chi connectivity index (χ3n) is 4.58. The first-order chi connectivity index (χ1) is 13.8. The van der Waals surface area contributed by atoms with Crippen LogP contribution in [0.15, 0.2) is 42.5 Å². The molecular weight excluding hydrogens is 413 g/mol. The molecule has 3 aromatic rings. The first-order valence-corrected chi connectivity index (χ1v) is 9.76. The molecule has 0 aliphatic rings. The molecule has 0 radical (unpaired) electrons.